The van der Waals surface area contributed by atoms with Gasteiger partial charge >= 0.3 is 0 Å². The predicted octanol–water partition coefficient (Wildman–Crippen LogP) is 1.90. The van der Waals surface area contributed by atoms with Crippen LogP contribution < -0.4 is 0 Å². The van der Waals surface area contributed by atoms with Crippen LogP contribution in [-0.4, -0.2) is 22.7 Å². The zero-order valence-electron chi connectivity index (χ0n) is 6.26. The molecule has 0 saturated carbocycles. The van der Waals surface area contributed by atoms with Crippen LogP contribution in [0.4, 0.5) is 0 Å². The summed E-state index contributed by atoms with van der Waals surface area (Å²) in [6, 6.07) is 0. The molecule has 0 heterocycles. The first-order valence-electron chi connectivity index (χ1n) is 3.53. The van der Waals surface area contributed by atoms with Crippen molar-refractivity contribution in [2.24, 2.45) is 0 Å². The number of thioether (sulfide) groups is 1. The van der Waals surface area contributed by atoms with E-state index >= 15 is 0 Å². The van der Waals surface area contributed by atoms with Crippen molar-refractivity contribution in [2.45, 2.75) is 32.8 Å². The van der Waals surface area contributed by atoms with E-state index in [2.05, 4.69) is 6.92 Å². The van der Waals surface area contributed by atoms with Gasteiger partial charge < -0.3 is 5.11 Å². The summed E-state index contributed by atoms with van der Waals surface area (Å²) in [5, 5.41) is 8.84. The van der Waals surface area contributed by atoms with Crippen LogP contribution in [0.15, 0.2) is 0 Å². The Morgan fingerprint density at radius 2 is 2.11 bits per heavy atom. The predicted molar refractivity (Wildman–Crippen MR) is 43.9 cm³/mol. The Hall–Kier alpha value is 0.310. The largest absolute Gasteiger partial charge is 0.393 e. The molecule has 0 amide bonds. The van der Waals surface area contributed by atoms with Crippen molar-refractivity contribution in [1.29, 1.82) is 0 Å². The maximum atomic E-state index is 8.84. The zero-order chi connectivity index (χ0) is 7.11. The van der Waals surface area contributed by atoms with Crippen molar-refractivity contribution >= 4 is 11.8 Å². The molecule has 0 aromatic carbocycles. The average Bonchev–Trinajstić information content (AvgIpc) is 1.80. The van der Waals surface area contributed by atoms with Gasteiger partial charge in [0, 0.05) is 0 Å². The first-order valence-corrected chi connectivity index (χ1v) is 4.68. The highest BCUT2D eigenvalue weighted by Gasteiger charge is 1.93. The van der Waals surface area contributed by atoms with Crippen molar-refractivity contribution < 1.29 is 5.11 Å². The molecule has 9 heavy (non-hydrogen) atoms. The SMILES string of the molecule is CCCSCCC(C)O. The highest BCUT2D eigenvalue weighted by atomic mass is 32.2. The first-order chi connectivity index (χ1) is 4.27. The molecule has 0 aliphatic heterocycles. The summed E-state index contributed by atoms with van der Waals surface area (Å²) >= 11 is 1.92. The molecule has 0 fully saturated rings. The molecular weight excluding hydrogens is 132 g/mol. The number of aliphatic hydroxyl groups excluding tert-OH is 1. The van der Waals surface area contributed by atoms with E-state index in [1.54, 1.807) is 0 Å². The molecule has 2 heteroatoms. The number of hydrogen-bond acceptors (Lipinski definition) is 2. The molecule has 0 rings (SSSR count). The fraction of sp³-hybridized carbons (Fsp3) is 1.00. The van der Waals surface area contributed by atoms with Gasteiger partial charge in [-0.1, -0.05) is 6.92 Å². The van der Waals surface area contributed by atoms with Crippen LogP contribution >= 0.6 is 11.8 Å². The highest BCUT2D eigenvalue weighted by Crippen LogP contribution is 2.05. The van der Waals surface area contributed by atoms with Crippen LogP contribution in [0.2, 0.25) is 0 Å². The standard InChI is InChI=1S/C7H16OS/c1-3-5-9-6-4-7(2)8/h7-8H,3-6H2,1-2H3. The Morgan fingerprint density at radius 3 is 2.56 bits per heavy atom. The molecular formula is C7H16OS. The monoisotopic (exact) mass is 148 g/mol. The second-order valence-corrected chi connectivity index (χ2v) is 3.47. The van der Waals surface area contributed by atoms with E-state index in [4.69, 9.17) is 5.11 Å². The third-order valence-corrected chi connectivity index (χ3v) is 2.25. The van der Waals surface area contributed by atoms with E-state index in [1.807, 2.05) is 18.7 Å². The Morgan fingerprint density at radius 1 is 1.44 bits per heavy atom. The van der Waals surface area contributed by atoms with Crippen LogP contribution in [0.5, 0.6) is 0 Å². The summed E-state index contributed by atoms with van der Waals surface area (Å²) in [5.74, 6) is 2.33. The Balaban J connectivity index is 2.75. The smallest absolute Gasteiger partial charge is 0.0520 e. The molecule has 0 aromatic rings. The van der Waals surface area contributed by atoms with Crippen molar-refractivity contribution in [3.05, 3.63) is 0 Å². The molecule has 1 unspecified atom stereocenters. The molecule has 0 bridgehead atoms. The van der Waals surface area contributed by atoms with E-state index in [9.17, 15) is 0 Å². The minimum atomic E-state index is -0.116. The molecule has 0 aliphatic rings. The van der Waals surface area contributed by atoms with Gasteiger partial charge in [0.2, 0.25) is 0 Å². The number of rotatable bonds is 5. The minimum Gasteiger partial charge on any atom is -0.393 e. The van der Waals surface area contributed by atoms with Gasteiger partial charge in [0.1, 0.15) is 0 Å². The summed E-state index contributed by atoms with van der Waals surface area (Å²) < 4.78 is 0. The lowest BCUT2D eigenvalue weighted by Gasteiger charge is -2.01. The maximum absolute atomic E-state index is 8.84. The van der Waals surface area contributed by atoms with E-state index in [-0.39, 0.29) is 6.10 Å². The van der Waals surface area contributed by atoms with Crippen LogP contribution in [-0.2, 0) is 0 Å². The first kappa shape index (κ1) is 9.31. The van der Waals surface area contributed by atoms with Crippen molar-refractivity contribution in [1.82, 2.24) is 0 Å². The summed E-state index contributed by atoms with van der Waals surface area (Å²) in [6.07, 6.45) is 2.06. The molecule has 0 spiro atoms. The molecule has 56 valence electrons. The van der Waals surface area contributed by atoms with Crippen LogP contribution in [0.25, 0.3) is 0 Å². The number of hydrogen-bond donors (Lipinski definition) is 1. The lowest BCUT2D eigenvalue weighted by Crippen LogP contribution is -2.00. The maximum Gasteiger partial charge on any atom is 0.0520 e. The zero-order valence-corrected chi connectivity index (χ0v) is 7.08. The van der Waals surface area contributed by atoms with Crippen molar-refractivity contribution in [3.8, 4) is 0 Å². The lowest BCUT2D eigenvalue weighted by atomic mass is 10.3. The lowest BCUT2D eigenvalue weighted by molar-refractivity contribution is 0.192. The number of aliphatic hydroxyl groups is 1. The van der Waals surface area contributed by atoms with Crippen LogP contribution in [0, 0.1) is 0 Å². The molecule has 0 aromatic heterocycles. The molecule has 0 saturated heterocycles. The Bertz CT molecular complexity index is 54.9. The molecule has 0 aliphatic carbocycles. The van der Waals surface area contributed by atoms with Gasteiger partial charge in [-0.05, 0) is 31.3 Å². The van der Waals surface area contributed by atoms with Gasteiger partial charge in [-0.3, -0.25) is 0 Å². The van der Waals surface area contributed by atoms with E-state index in [1.165, 1.54) is 12.2 Å². The molecule has 0 radical (unpaired) electrons. The van der Waals surface area contributed by atoms with Gasteiger partial charge in [0.05, 0.1) is 6.10 Å². The minimum absolute atomic E-state index is 0.116. The molecule has 1 N–H and O–H groups in total. The van der Waals surface area contributed by atoms with Crippen molar-refractivity contribution in [2.75, 3.05) is 11.5 Å². The summed E-state index contributed by atoms with van der Waals surface area (Å²) in [6.45, 7) is 4.02. The van der Waals surface area contributed by atoms with Gasteiger partial charge in [0.15, 0.2) is 0 Å². The van der Waals surface area contributed by atoms with Gasteiger partial charge in [-0.25, -0.2) is 0 Å². The quantitative estimate of drug-likeness (QED) is 0.601. The topological polar surface area (TPSA) is 20.2 Å². The highest BCUT2D eigenvalue weighted by molar-refractivity contribution is 7.99. The second-order valence-electron chi connectivity index (χ2n) is 2.25. The molecule has 1 atom stereocenters. The van der Waals surface area contributed by atoms with Crippen LogP contribution in [0.1, 0.15) is 26.7 Å². The van der Waals surface area contributed by atoms with E-state index in [0.29, 0.717) is 0 Å². The second kappa shape index (κ2) is 6.43. The molecule has 1 nitrogen and oxygen atoms in total. The van der Waals surface area contributed by atoms with Gasteiger partial charge in [0.25, 0.3) is 0 Å². The van der Waals surface area contributed by atoms with Gasteiger partial charge in [-0.2, -0.15) is 11.8 Å². The third kappa shape index (κ3) is 8.31. The van der Waals surface area contributed by atoms with Gasteiger partial charge in [-0.15, -0.1) is 0 Å². The summed E-state index contributed by atoms with van der Waals surface area (Å²) in [5.41, 5.74) is 0. The fourth-order valence-electron chi connectivity index (χ4n) is 0.500. The average molecular weight is 148 g/mol. The fourth-order valence-corrected chi connectivity index (χ4v) is 1.50. The summed E-state index contributed by atoms with van der Waals surface area (Å²) in [4.78, 5) is 0. The van der Waals surface area contributed by atoms with Crippen molar-refractivity contribution in [3.63, 3.8) is 0 Å². The Kier molecular flexibility index (Phi) is 6.65. The van der Waals surface area contributed by atoms with E-state index in [0.717, 1.165) is 12.2 Å². The Labute approximate surface area is 61.8 Å². The normalized spacial score (nSPS) is 13.7. The third-order valence-electron chi connectivity index (χ3n) is 1.03. The van der Waals surface area contributed by atoms with E-state index < -0.39 is 0 Å². The van der Waals surface area contributed by atoms with Crippen LogP contribution in [0.3, 0.4) is 0 Å². The summed E-state index contributed by atoms with van der Waals surface area (Å²) in [7, 11) is 0.